The van der Waals surface area contributed by atoms with Gasteiger partial charge in [0.1, 0.15) is 11.6 Å². The van der Waals surface area contributed by atoms with Crippen molar-refractivity contribution < 1.29 is 9.18 Å². The van der Waals surface area contributed by atoms with Crippen LogP contribution in [0.25, 0.3) is 22.3 Å². The number of H-pyrrole nitrogens is 1. The minimum Gasteiger partial charge on any atom is -0.335 e. The monoisotopic (exact) mass is 405 g/mol. The molecule has 1 aliphatic rings. The summed E-state index contributed by atoms with van der Waals surface area (Å²) in [7, 11) is 1.62. The number of hydrogen-bond donors (Lipinski definition) is 1. The van der Waals surface area contributed by atoms with E-state index < -0.39 is 5.82 Å². The van der Waals surface area contributed by atoms with Crippen LogP contribution in [0.15, 0.2) is 47.7 Å². The van der Waals surface area contributed by atoms with Crippen LogP contribution in [0.4, 0.5) is 4.39 Å². The summed E-state index contributed by atoms with van der Waals surface area (Å²) in [6, 6.07) is 6.13. The normalized spacial score (nSPS) is 16.0. The standard InChI is InChI=1S/C22H20FN5O2/c1-27-18-11-15(12-25-21(18)26-22(27)30)16-10-14(2-3-17(16)23)19(29)8-13-4-6-28-7-5-24-20(28)9-13/h2-3,5,7,10-13H,4,6,8-9H2,1H3,(H,25,26,30). The molecule has 3 aromatic heterocycles. The SMILES string of the molecule is Cn1c(=O)[nH]c2ncc(-c3cc(C(=O)CC4CCn5ccnc5C4)ccc3F)cc21. The first-order valence-corrected chi connectivity index (χ1v) is 9.87. The summed E-state index contributed by atoms with van der Waals surface area (Å²) in [4.78, 5) is 35.9. The average Bonchev–Trinajstić information content (AvgIpc) is 3.32. The molecule has 1 unspecified atom stereocenters. The fraction of sp³-hybridized carbons (Fsp3) is 0.273. The predicted molar refractivity (Wildman–Crippen MR) is 110 cm³/mol. The van der Waals surface area contributed by atoms with E-state index in [-0.39, 0.29) is 17.4 Å². The third kappa shape index (κ3) is 3.14. The number of nitrogens with one attached hydrogen (secondary N) is 1. The lowest BCUT2D eigenvalue weighted by Gasteiger charge is -2.22. The summed E-state index contributed by atoms with van der Waals surface area (Å²) in [5, 5.41) is 0. The van der Waals surface area contributed by atoms with E-state index in [0.29, 0.717) is 34.3 Å². The van der Waals surface area contributed by atoms with Crippen molar-refractivity contribution in [3.63, 3.8) is 0 Å². The van der Waals surface area contributed by atoms with Crippen LogP contribution in [0.2, 0.25) is 0 Å². The maximum Gasteiger partial charge on any atom is 0.327 e. The van der Waals surface area contributed by atoms with Gasteiger partial charge in [0, 0.05) is 61.7 Å². The van der Waals surface area contributed by atoms with Crippen molar-refractivity contribution in [3.05, 3.63) is 70.5 Å². The van der Waals surface area contributed by atoms with E-state index in [2.05, 4.69) is 19.5 Å². The van der Waals surface area contributed by atoms with E-state index >= 15 is 0 Å². The van der Waals surface area contributed by atoms with Crippen LogP contribution in [0.5, 0.6) is 0 Å². The van der Waals surface area contributed by atoms with Crippen molar-refractivity contribution in [1.82, 2.24) is 24.1 Å². The number of carbonyl (C=O) groups is 1. The first kappa shape index (κ1) is 18.5. The number of fused-ring (bicyclic) bond motifs is 2. The largest absolute Gasteiger partial charge is 0.335 e. The number of aromatic amines is 1. The highest BCUT2D eigenvalue weighted by Gasteiger charge is 2.23. The molecule has 1 N–H and O–H groups in total. The van der Waals surface area contributed by atoms with Crippen molar-refractivity contribution in [2.45, 2.75) is 25.8 Å². The number of imidazole rings is 2. The molecular weight excluding hydrogens is 385 g/mol. The maximum atomic E-state index is 14.6. The molecule has 1 aromatic carbocycles. The van der Waals surface area contributed by atoms with Gasteiger partial charge in [0.15, 0.2) is 11.4 Å². The summed E-state index contributed by atoms with van der Waals surface area (Å²) in [5.74, 6) is 0.793. The Hall–Kier alpha value is -3.55. The van der Waals surface area contributed by atoms with Gasteiger partial charge >= 0.3 is 5.69 Å². The van der Waals surface area contributed by atoms with Gasteiger partial charge in [-0.1, -0.05) is 0 Å². The number of carbonyl (C=O) groups excluding carboxylic acids is 1. The van der Waals surface area contributed by atoms with Gasteiger partial charge in [-0.15, -0.1) is 0 Å². The molecular formula is C22H20FN5O2. The van der Waals surface area contributed by atoms with Gasteiger partial charge in [-0.05, 0) is 36.6 Å². The Balaban J connectivity index is 1.43. The van der Waals surface area contributed by atoms with E-state index in [9.17, 15) is 14.0 Å². The Morgan fingerprint density at radius 2 is 2.17 bits per heavy atom. The van der Waals surface area contributed by atoms with Crippen LogP contribution in [-0.2, 0) is 20.0 Å². The van der Waals surface area contributed by atoms with Crippen LogP contribution >= 0.6 is 0 Å². The number of hydrogen-bond acceptors (Lipinski definition) is 4. The zero-order chi connectivity index (χ0) is 20.8. The fourth-order valence-corrected chi connectivity index (χ4v) is 4.14. The molecule has 0 saturated heterocycles. The van der Waals surface area contributed by atoms with E-state index in [4.69, 9.17) is 0 Å². The van der Waals surface area contributed by atoms with Gasteiger partial charge in [0.2, 0.25) is 0 Å². The second-order valence-corrected chi connectivity index (χ2v) is 7.80. The molecule has 4 heterocycles. The van der Waals surface area contributed by atoms with Crippen LogP contribution < -0.4 is 5.69 Å². The molecule has 1 aliphatic heterocycles. The molecule has 7 nitrogen and oxygen atoms in total. The van der Waals surface area contributed by atoms with E-state index in [1.165, 1.54) is 22.9 Å². The molecule has 4 aromatic rings. The molecule has 30 heavy (non-hydrogen) atoms. The Kier molecular flexibility index (Phi) is 4.34. The maximum absolute atomic E-state index is 14.6. The molecule has 152 valence electrons. The second kappa shape index (κ2) is 7.05. The molecule has 0 saturated carbocycles. The zero-order valence-electron chi connectivity index (χ0n) is 16.4. The van der Waals surface area contributed by atoms with Crippen molar-refractivity contribution in [1.29, 1.82) is 0 Å². The topological polar surface area (TPSA) is 85.6 Å². The number of pyridine rings is 1. The molecule has 0 aliphatic carbocycles. The van der Waals surface area contributed by atoms with Gasteiger partial charge in [-0.2, -0.15) is 0 Å². The molecule has 0 spiro atoms. The number of aromatic nitrogens is 5. The van der Waals surface area contributed by atoms with Crippen molar-refractivity contribution in [2.75, 3.05) is 0 Å². The third-order valence-corrected chi connectivity index (χ3v) is 5.88. The Morgan fingerprint density at radius 3 is 3.03 bits per heavy atom. The first-order valence-electron chi connectivity index (χ1n) is 9.87. The average molecular weight is 405 g/mol. The number of nitrogens with zero attached hydrogens (tertiary/aromatic N) is 4. The second-order valence-electron chi connectivity index (χ2n) is 7.80. The van der Waals surface area contributed by atoms with Crippen molar-refractivity contribution in [3.8, 4) is 11.1 Å². The van der Waals surface area contributed by atoms with Gasteiger partial charge in [-0.3, -0.25) is 14.3 Å². The predicted octanol–water partition coefficient (Wildman–Crippen LogP) is 3.10. The summed E-state index contributed by atoms with van der Waals surface area (Å²) in [6.45, 7) is 0.864. The lowest BCUT2D eigenvalue weighted by Crippen LogP contribution is -2.21. The van der Waals surface area contributed by atoms with E-state index in [1.807, 2.05) is 6.20 Å². The Bertz CT molecular complexity index is 1330. The molecule has 0 fully saturated rings. The molecule has 1 atom stereocenters. The van der Waals surface area contributed by atoms with Crippen molar-refractivity contribution >= 4 is 16.9 Å². The summed E-state index contributed by atoms with van der Waals surface area (Å²) < 4.78 is 18.1. The van der Waals surface area contributed by atoms with Crippen LogP contribution in [-0.4, -0.2) is 29.9 Å². The Morgan fingerprint density at radius 1 is 1.30 bits per heavy atom. The number of Topliss-reactive ketones (excluding diaryl/α,β-unsaturated/α-hetero) is 1. The van der Waals surface area contributed by atoms with Crippen LogP contribution in [0.1, 0.15) is 29.0 Å². The third-order valence-electron chi connectivity index (χ3n) is 5.88. The molecule has 8 heteroatoms. The molecule has 0 radical (unpaired) electrons. The van der Waals surface area contributed by atoms with E-state index in [1.54, 1.807) is 25.4 Å². The molecule has 0 bridgehead atoms. The smallest absolute Gasteiger partial charge is 0.327 e. The van der Waals surface area contributed by atoms with Gasteiger partial charge in [-0.25, -0.2) is 19.2 Å². The molecule has 0 amide bonds. The fourth-order valence-electron chi connectivity index (χ4n) is 4.14. The van der Waals surface area contributed by atoms with Gasteiger partial charge in [0.25, 0.3) is 0 Å². The Labute approximate surface area is 171 Å². The van der Waals surface area contributed by atoms with E-state index in [0.717, 1.165) is 25.2 Å². The zero-order valence-corrected chi connectivity index (χ0v) is 16.4. The highest BCUT2D eigenvalue weighted by Crippen LogP contribution is 2.28. The number of ketones is 1. The van der Waals surface area contributed by atoms with Crippen LogP contribution in [0.3, 0.4) is 0 Å². The highest BCUT2D eigenvalue weighted by atomic mass is 19.1. The number of halogens is 1. The lowest BCUT2D eigenvalue weighted by atomic mass is 9.89. The molecule has 5 rings (SSSR count). The highest BCUT2D eigenvalue weighted by molar-refractivity contribution is 5.97. The number of benzene rings is 1. The van der Waals surface area contributed by atoms with Crippen LogP contribution in [0, 0.1) is 11.7 Å². The minimum atomic E-state index is -0.437. The van der Waals surface area contributed by atoms with Gasteiger partial charge in [0.05, 0.1) is 5.52 Å². The lowest BCUT2D eigenvalue weighted by molar-refractivity contribution is 0.0953. The summed E-state index contributed by atoms with van der Waals surface area (Å²) >= 11 is 0. The minimum absolute atomic E-state index is 0.00987. The number of rotatable bonds is 4. The first-order chi connectivity index (χ1) is 14.5. The van der Waals surface area contributed by atoms with Gasteiger partial charge < -0.3 is 4.57 Å². The van der Waals surface area contributed by atoms with Crippen molar-refractivity contribution in [2.24, 2.45) is 13.0 Å². The number of aryl methyl sites for hydroxylation is 2. The quantitative estimate of drug-likeness (QED) is 0.529. The summed E-state index contributed by atoms with van der Waals surface area (Å²) in [5.41, 5.74) is 2.02. The summed E-state index contributed by atoms with van der Waals surface area (Å²) in [6.07, 6.45) is 7.36.